The molecule has 0 aromatic heterocycles. The molecule has 0 aromatic rings. The summed E-state index contributed by atoms with van der Waals surface area (Å²) in [6.07, 6.45) is 2.13. The molecule has 0 aliphatic carbocycles. The van der Waals surface area contributed by atoms with Crippen LogP contribution in [0.1, 0.15) is 25.7 Å². The Morgan fingerprint density at radius 1 is 0.880 bits per heavy atom. The van der Waals surface area contributed by atoms with Crippen LogP contribution in [0.3, 0.4) is 0 Å². The molecule has 0 unspecified atom stereocenters. The molecular formula is C15H28O10. The predicted molar refractivity (Wildman–Crippen MR) is 86.7 cm³/mol. The molecule has 0 amide bonds. The molecule has 0 saturated carbocycles. The number of ether oxygens (including phenoxy) is 1. The van der Waals surface area contributed by atoms with Crippen LogP contribution < -0.4 is 0 Å². The maximum Gasteiger partial charge on any atom is 0.329 e. The van der Waals surface area contributed by atoms with Gasteiger partial charge in [-0.05, 0) is 12.8 Å². The highest BCUT2D eigenvalue weighted by Crippen LogP contribution is 2.11. The summed E-state index contributed by atoms with van der Waals surface area (Å²) in [4.78, 5) is 29.6. The number of carbonyl (C=O) groups excluding carboxylic acids is 1. The van der Waals surface area contributed by atoms with Gasteiger partial charge in [-0.3, -0.25) is 9.59 Å². The Labute approximate surface area is 146 Å². The highest BCUT2D eigenvalue weighted by molar-refractivity contribution is 5.80. The molecule has 10 nitrogen and oxygen atoms in total. The molecule has 0 aliphatic heterocycles. The van der Waals surface area contributed by atoms with Crippen LogP contribution in [-0.4, -0.2) is 82.1 Å². The summed E-state index contributed by atoms with van der Waals surface area (Å²) in [5.74, 6) is -2.13. The Morgan fingerprint density at radius 2 is 1.20 bits per heavy atom. The molecule has 10 heteroatoms. The molecular weight excluding hydrogens is 340 g/mol. The van der Waals surface area contributed by atoms with E-state index in [4.69, 9.17) is 30.6 Å². The van der Waals surface area contributed by atoms with Crippen molar-refractivity contribution in [2.24, 2.45) is 5.41 Å². The average molecular weight is 368 g/mol. The third kappa shape index (κ3) is 19.9. The van der Waals surface area contributed by atoms with E-state index < -0.39 is 49.8 Å². The van der Waals surface area contributed by atoms with Gasteiger partial charge in [0.2, 0.25) is 0 Å². The quantitative estimate of drug-likeness (QED) is 0.159. The van der Waals surface area contributed by atoms with Crippen molar-refractivity contribution in [2.45, 2.75) is 25.7 Å². The van der Waals surface area contributed by atoms with Crippen molar-refractivity contribution in [3.8, 4) is 0 Å². The lowest BCUT2D eigenvalue weighted by molar-refractivity contribution is -0.139. The van der Waals surface area contributed by atoms with Crippen LogP contribution in [0, 0.1) is 5.41 Å². The highest BCUT2D eigenvalue weighted by atomic mass is 16.5. The van der Waals surface area contributed by atoms with Gasteiger partial charge in [-0.1, -0.05) is 6.58 Å². The normalized spacial score (nSPS) is 9.64. The predicted octanol–water partition coefficient (Wildman–Crippen LogP) is -0.997. The van der Waals surface area contributed by atoms with E-state index in [1.807, 2.05) is 0 Å². The van der Waals surface area contributed by atoms with Crippen molar-refractivity contribution in [3.05, 3.63) is 12.7 Å². The van der Waals surface area contributed by atoms with Crippen molar-refractivity contribution < 1.29 is 49.8 Å². The van der Waals surface area contributed by atoms with Gasteiger partial charge in [-0.2, -0.15) is 0 Å². The molecule has 0 saturated heterocycles. The molecule has 0 spiro atoms. The number of carboxylic acid groups (broad SMARTS) is 2. The van der Waals surface area contributed by atoms with E-state index in [-0.39, 0.29) is 12.8 Å². The molecule has 0 rings (SSSR count). The molecule has 0 atom stereocenters. The zero-order valence-electron chi connectivity index (χ0n) is 14.3. The number of carboxylic acids is 2. The van der Waals surface area contributed by atoms with E-state index in [1.165, 1.54) is 7.11 Å². The third-order valence-electron chi connectivity index (χ3n) is 2.74. The van der Waals surface area contributed by atoms with Gasteiger partial charge in [0.1, 0.15) is 0 Å². The van der Waals surface area contributed by atoms with Crippen LogP contribution in [0.15, 0.2) is 12.7 Å². The summed E-state index contributed by atoms with van der Waals surface area (Å²) >= 11 is 0. The maximum atomic E-state index is 9.90. The summed E-state index contributed by atoms with van der Waals surface area (Å²) in [6.45, 7) is 1.53. The van der Waals surface area contributed by atoms with E-state index in [2.05, 4.69) is 11.3 Å². The van der Waals surface area contributed by atoms with Crippen LogP contribution in [0.4, 0.5) is 0 Å². The molecule has 0 aromatic carbocycles. The third-order valence-corrected chi connectivity index (χ3v) is 2.74. The number of unbranched alkanes of at least 4 members (excludes halogenated alkanes) is 1. The number of aliphatic carboxylic acids is 2. The van der Waals surface area contributed by atoms with Gasteiger partial charge >= 0.3 is 17.9 Å². The summed E-state index contributed by atoms with van der Waals surface area (Å²) in [6, 6.07) is 0. The van der Waals surface area contributed by atoms with Crippen molar-refractivity contribution in [3.63, 3.8) is 0 Å². The molecule has 25 heavy (non-hydrogen) atoms. The largest absolute Gasteiger partial charge is 0.481 e. The molecule has 0 radical (unpaired) electrons. The van der Waals surface area contributed by atoms with Gasteiger partial charge < -0.3 is 35.4 Å². The molecule has 0 aliphatic rings. The van der Waals surface area contributed by atoms with Crippen LogP contribution in [-0.2, 0) is 19.1 Å². The molecule has 0 bridgehead atoms. The van der Waals surface area contributed by atoms with Crippen LogP contribution in [0.25, 0.3) is 0 Å². The second-order valence-electron chi connectivity index (χ2n) is 4.85. The van der Waals surface area contributed by atoms with E-state index >= 15 is 0 Å². The van der Waals surface area contributed by atoms with Crippen molar-refractivity contribution in [2.75, 3.05) is 33.5 Å². The minimum Gasteiger partial charge on any atom is -0.481 e. The molecule has 148 valence electrons. The number of carbonyl (C=O) groups is 3. The van der Waals surface area contributed by atoms with Crippen molar-refractivity contribution in [1.82, 2.24) is 0 Å². The minimum atomic E-state index is -1.11. The standard InChI is InChI=1S/C6H10O4.C5H12O4.C4H6O2/c7-5(8)3-1-2-4-6(9)10;6-1-5(2-7,3-8)4-9;1-3-4(5)6-2/h1-4H2,(H,7,8)(H,9,10);6-9H,1-4H2;3H,1H2,2H3. The van der Waals surface area contributed by atoms with E-state index in [0.29, 0.717) is 12.8 Å². The van der Waals surface area contributed by atoms with Crippen LogP contribution >= 0.6 is 0 Å². The summed E-state index contributed by atoms with van der Waals surface area (Å²) in [7, 11) is 1.31. The summed E-state index contributed by atoms with van der Waals surface area (Å²) < 4.78 is 4.14. The fourth-order valence-corrected chi connectivity index (χ4v) is 0.936. The number of methoxy groups -OCH3 is 1. The number of rotatable bonds is 10. The topological polar surface area (TPSA) is 182 Å². The smallest absolute Gasteiger partial charge is 0.329 e. The second-order valence-corrected chi connectivity index (χ2v) is 4.85. The first-order chi connectivity index (χ1) is 11.7. The minimum absolute atomic E-state index is 0.0628. The molecule has 0 fully saturated rings. The number of hydrogen-bond donors (Lipinski definition) is 6. The number of hydrogen-bond acceptors (Lipinski definition) is 8. The lowest BCUT2D eigenvalue weighted by atomic mass is 9.93. The Kier molecular flexibility index (Phi) is 20.4. The first kappa shape index (κ1) is 27.8. The maximum absolute atomic E-state index is 9.90. The first-order valence-corrected chi connectivity index (χ1v) is 7.26. The molecule has 6 N–H and O–H groups in total. The Hall–Kier alpha value is -2.01. The Balaban J connectivity index is -0.000000300. The van der Waals surface area contributed by atoms with E-state index in [1.54, 1.807) is 0 Å². The van der Waals surface area contributed by atoms with Gasteiger partial charge in [-0.15, -0.1) is 0 Å². The van der Waals surface area contributed by atoms with Gasteiger partial charge in [0.15, 0.2) is 0 Å². The van der Waals surface area contributed by atoms with Gasteiger partial charge in [0.25, 0.3) is 0 Å². The number of aliphatic hydroxyl groups is 4. The fraction of sp³-hybridized carbons (Fsp3) is 0.667. The van der Waals surface area contributed by atoms with Crippen molar-refractivity contribution in [1.29, 1.82) is 0 Å². The lowest BCUT2D eigenvalue weighted by Gasteiger charge is -2.23. The zero-order chi connectivity index (χ0) is 20.3. The van der Waals surface area contributed by atoms with Gasteiger partial charge in [0, 0.05) is 18.9 Å². The van der Waals surface area contributed by atoms with E-state index in [9.17, 15) is 14.4 Å². The van der Waals surface area contributed by atoms with Crippen LogP contribution in [0.2, 0.25) is 0 Å². The lowest BCUT2D eigenvalue weighted by Crippen LogP contribution is -2.37. The fourth-order valence-electron chi connectivity index (χ4n) is 0.936. The second kappa shape index (κ2) is 18.3. The van der Waals surface area contributed by atoms with Crippen LogP contribution in [0.5, 0.6) is 0 Å². The Morgan fingerprint density at radius 3 is 1.28 bits per heavy atom. The SMILES string of the molecule is C=CC(=O)OC.O=C(O)CCCCC(=O)O.OCC(CO)(CO)CO. The number of aliphatic hydroxyl groups excluding tert-OH is 4. The Bertz CT molecular complexity index is 343. The zero-order valence-corrected chi connectivity index (χ0v) is 14.3. The van der Waals surface area contributed by atoms with E-state index in [0.717, 1.165) is 6.08 Å². The number of esters is 1. The van der Waals surface area contributed by atoms with Gasteiger partial charge in [0.05, 0.1) is 39.0 Å². The summed E-state index contributed by atoms with van der Waals surface area (Å²) in [5, 5.41) is 50.2. The monoisotopic (exact) mass is 368 g/mol. The summed E-state index contributed by atoms with van der Waals surface area (Å²) in [5.41, 5.74) is -1.11. The average Bonchev–Trinajstić information content (AvgIpc) is 2.61. The molecule has 0 heterocycles. The first-order valence-electron chi connectivity index (χ1n) is 7.26. The van der Waals surface area contributed by atoms with Crippen molar-refractivity contribution >= 4 is 17.9 Å². The van der Waals surface area contributed by atoms with Gasteiger partial charge in [-0.25, -0.2) is 4.79 Å². The highest BCUT2D eigenvalue weighted by Gasteiger charge is 2.26.